The number of halogens is 1. The van der Waals surface area contributed by atoms with Crippen LogP contribution in [0.1, 0.15) is 20.8 Å². The van der Waals surface area contributed by atoms with Crippen LogP contribution in [0.4, 0.5) is 4.39 Å². The number of carbonyl (C=O) groups excluding carboxylic acids is 1. The molecule has 1 unspecified atom stereocenters. The van der Waals surface area contributed by atoms with Gasteiger partial charge in [-0.05, 0) is 13.8 Å². The third kappa shape index (κ3) is 7.47. The predicted molar refractivity (Wildman–Crippen MR) is 44.7 cm³/mol. The normalized spacial score (nSPS) is 13.1. The molecular formula is C8H16FNO2. The summed E-state index contributed by atoms with van der Waals surface area (Å²) in [5.74, 6) is -0.220. The maximum atomic E-state index is 12.8. The van der Waals surface area contributed by atoms with Gasteiger partial charge in [0.25, 0.3) is 0 Å². The Bertz CT molecular complexity index is 139. The second kappa shape index (κ2) is 5.94. The Morgan fingerprint density at radius 2 is 2.17 bits per heavy atom. The molecule has 0 rings (SSSR count). The van der Waals surface area contributed by atoms with Crippen molar-refractivity contribution in [1.82, 2.24) is 5.32 Å². The maximum Gasteiger partial charge on any atom is 0.216 e. The summed E-state index contributed by atoms with van der Waals surface area (Å²) < 4.78 is 17.8. The van der Waals surface area contributed by atoms with Crippen LogP contribution in [-0.2, 0) is 9.53 Å². The molecule has 0 radical (unpaired) electrons. The highest BCUT2D eigenvalue weighted by Crippen LogP contribution is 1.94. The van der Waals surface area contributed by atoms with Gasteiger partial charge in [0.1, 0.15) is 6.17 Å². The van der Waals surface area contributed by atoms with Crippen LogP contribution in [0, 0.1) is 0 Å². The Labute approximate surface area is 72.3 Å². The van der Waals surface area contributed by atoms with E-state index in [-0.39, 0.29) is 25.2 Å². The Morgan fingerprint density at radius 3 is 2.58 bits per heavy atom. The summed E-state index contributed by atoms with van der Waals surface area (Å²) >= 11 is 0. The Kier molecular flexibility index (Phi) is 5.62. The van der Waals surface area contributed by atoms with E-state index >= 15 is 0 Å². The summed E-state index contributed by atoms with van der Waals surface area (Å²) in [7, 11) is 0. The molecule has 0 fully saturated rings. The van der Waals surface area contributed by atoms with Crippen molar-refractivity contribution < 1.29 is 13.9 Å². The van der Waals surface area contributed by atoms with Gasteiger partial charge < -0.3 is 10.1 Å². The van der Waals surface area contributed by atoms with Crippen molar-refractivity contribution in [3.05, 3.63) is 0 Å². The van der Waals surface area contributed by atoms with Crippen molar-refractivity contribution in [2.24, 2.45) is 0 Å². The largest absolute Gasteiger partial charge is 0.376 e. The molecule has 0 aromatic carbocycles. The monoisotopic (exact) mass is 177 g/mol. The van der Waals surface area contributed by atoms with Gasteiger partial charge in [0, 0.05) is 6.92 Å². The SMILES string of the molecule is CC(=O)NCC(F)COC(C)C. The van der Waals surface area contributed by atoms with Gasteiger partial charge in [-0.3, -0.25) is 4.79 Å². The average molecular weight is 177 g/mol. The van der Waals surface area contributed by atoms with E-state index in [1.165, 1.54) is 6.92 Å². The summed E-state index contributed by atoms with van der Waals surface area (Å²) in [6, 6.07) is 0. The fourth-order valence-corrected chi connectivity index (χ4v) is 0.610. The van der Waals surface area contributed by atoms with Crippen molar-refractivity contribution in [2.75, 3.05) is 13.2 Å². The van der Waals surface area contributed by atoms with Crippen molar-refractivity contribution in [1.29, 1.82) is 0 Å². The zero-order chi connectivity index (χ0) is 9.56. The molecule has 0 saturated carbocycles. The minimum atomic E-state index is -1.11. The molecule has 0 aliphatic rings. The minimum Gasteiger partial charge on any atom is -0.376 e. The van der Waals surface area contributed by atoms with Crippen LogP contribution in [0.25, 0.3) is 0 Å². The molecule has 72 valence electrons. The zero-order valence-electron chi connectivity index (χ0n) is 7.76. The number of hydrogen-bond donors (Lipinski definition) is 1. The van der Waals surface area contributed by atoms with Crippen LogP contribution in [0.3, 0.4) is 0 Å². The molecule has 1 amide bonds. The van der Waals surface area contributed by atoms with Crippen LogP contribution in [0.2, 0.25) is 0 Å². The van der Waals surface area contributed by atoms with Crippen molar-refractivity contribution >= 4 is 5.91 Å². The highest BCUT2D eigenvalue weighted by molar-refractivity contribution is 5.72. The lowest BCUT2D eigenvalue weighted by atomic mass is 10.4. The summed E-state index contributed by atoms with van der Waals surface area (Å²) in [5, 5.41) is 2.38. The van der Waals surface area contributed by atoms with E-state index in [1.807, 2.05) is 13.8 Å². The highest BCUT2D eigenvalue weighted by Gasteiger charge is 2.07. The second-order valence-electron chi connectivity index (χ2n) is 2.92. The molecule has 4 heteroatoms. The van der Waals surface area contributed by atoms with Crippen LogP contribution in [-0.4, -0.2) is 31.3 Å². The Balaban J connectivity index is 3.33. The van der Waals surface area contributed by atoms with E-state index in [2.05, 4.69) is 5.32 Å². The van der Waals surface area contributed by atoms with Gasteiger partial charge in [0.05, 0.1) is 19.3 Å². The van der Waals surface area contributed by atoms with Crippen molar-refractivity contribution in [3.63, 3.8) is 0 Å². The first kappa shape index (κ1) is 11.4. The molecule has 0 spiro atoms. The van der Waals surface area contributed by atoms with Gasteiger partial charge in [0.15, 0.2) is 0 Å². The standard InChI is InChI=1S/C8H16FNO2/c1-6(2)12-5-8(9)4-10-7(3)11/h6,8H,4-5H2,1-3H3,(H,10,11). The minimum absolute atomic E-state index is 0.0283. The van der Waals surface area contributed by atoms with E-state index in [0.29, 0.717) is 0 Å². The molecule has 1 N–H and O–H groups in total. The van der Waals surface area contributed by atoms with Crippen LogP contribution < -0.4 is 5.32 Å². The number of alkyl halides is 1. The summed E-state index contributed by atoms with van der Waals surface area (Å²) in [6.45, 7) is 5.10. The topological polar surface area (TPSA) is 38.3 Å². The van der Waals surface area contributed by atoms with E-state index in [4.69, 9.17) is 4.74 Å². The number of hydrogen-bond acceptors (Lipinski definition) is 2. The first-order chi connectivity index (χ1) is 5.52. The third-order valence-corrected chi connectivity index (χ3v) is 1.18. The van der Waals surface area contributed by atoms with Gasteiger partial charge in [-0.25, -0.2) is 4.39 Å². The van der Waals surface area contributed by atoms with Gasteiger partial charge in [0.2, 0.25) is 5.91 Å². The van der Waals surface area contributed by atoms with E-state index < -0.39 is 6.17 Å². The third-order valence-electron chi connectivity index (χ3n) is 1.18. The number of ether oxygens (including phenoxy) is 1. The Morgan fingerprint density at radius 1 is 1.58 bits per heavy atom. The second-order valence-corrected chi connectivity index (χ2v) is 2.92. The van der Waals surface area contributed by atoms with Crippen molar-refractivity contribution in [3.8, 4) is 0 Å². The molecule has 0 aliphatic carbocycles. The van der Waals surface area contributed by atoms with Gasteiger partial charge in [-0.1, -0.05) is 0 Å². The molecule has 1 atom stereocenters. The molecule has 0 bridgehead atoms. The quantitative estimate of drug-likeness (QED) is 0.677. The summed E-state index contributed by atoms with van der Waals surface area (Å²) in [5.41, 5.74) is 0. The van der Waals surface area contributed by atoms with Crippen LogP contribution in [0.15, 0.2) is 0 Å². The molecule has 0 aromatic heterocycles. The first-order valence-corrected chi connectivity index (χ1v) is 4.02. The molecule has 12 heavy (non-hydrogen) atoms. The van der Waals surface area contributed by atoms with E-state index in [1.54, 1.807) is 0 Å². The molecular weight excluding hydrogens is 161 g/mol. The molecule has 0 aliphatic heterocycles. The Hall–Kier alpha value is -0.640. The predicted octanol–water partition coefficient (Wildman–Crippen LogP) is 0.886. The first-order valence-electron chi connectivity index (χ1n) is 4.02. The van der Waals surface area contributed by atoms with E-state index in [0.717, 1.165) is 0 Å². The lowest BCUT2D eigenvalue weighted by Crippen LogP contribution is -2.31. The lowest BCUT2D eigenvalue weighted by molar-refractivity contribution is -0.119. The van der Waals surface area contributed by atoms with Gasteiger partial charge >= 0.3 is 0 Å². The molecule has 3 nitrogen and oxygen atoms in total. The van der Waals surface area contributed by atoms with Crippen LogP contribution >= 0.6 is 0 Å². The number of rotatable bonds is 5. The van der Waals surface area contributed by atoms with E-state index in [9.17, 15) is 9.18 Å². The fraction of sp³-hybridized carbons (Fsp3) is 0.875. The van der Waals surface area contributed by atoms with Gasteiger partial charge in [-0.15, -0.1) is 0 Å². The van der Waals surface area contributed by atoms with Gasteiger partial charge in [-0.2, -0.15) is 0 Å². The van der Waals surface area contributed by atoms with Crippen LogP contribution in [0.5, 0.6) is 0 Å². The number of carbonyl (C=O) groups is 1. The zero-order valence-corrected chi connectivity index (χ0v) is 7.76. The van der Waals surface area contributed by atoms with Crippen molar-refractivity contribution in [2.45, 2.75) is 33.0 Å². The summed E-state index contributed by atoms with van der Waals surface area (Å²) in [6.07, 6.45) is -1.09. The molecule has 0 aromatic rings. The highest BCUT2D eigenvalue weighted by atomic mass is 19.1. The summed E-state index contributed by atoms with van der Waals surface area (Å²) in [4.78, 5) is 10.4. The number of nitrogens with one attached hydrogen (secondary N) is 1. The fourth-order valence-electron chi connectivity index (χ4n) is 0.610. The smallest absolute Gasteiger partial charge is 0.216 e. The average Bonchev–Trinajstić information content (AvgIpc) is 1.96. The molecule has 0 saturated heterocycles. The lowest BCUT2D eigenvalue weighted by Gasteiger charge is -2.11. The molecule has 0 heterocycles. The maximum absolute atomic E-state index is 12.8. The number of amides is 1.